The Bertz CT molecular complexity index is 454. The van der Waals surface area contributed by atoms with E-state index in [2.05, 4.69) is 5.32 Å². The van der Waals surface area contributed by atoms with Crippen molar-refractivity contribution in [2.75, 3.05) is 18.9 Å². The Hall–Kier alpha value is -1.47. The molecule has 0 aliphatic rings. The van der Waals surface area contributed by atoms with E-state index in [0.717, 1.165) is 11.9 Å². The maximum atomic E-state index is 12.1. The van der Waals surface area contributed by atoms with Crippen LogP contribution in [0.4, 0.5) is 23.7 Å². The minimum absolute atomic E-state index is 0.353. The standard InChI is InChI=1S/C11H12ClF3N2O2/c1-17(6-9(18)11(13,14)15)10(19)16-8-4-2-3-7(12)5-8/h2-5,9,18H,6H2,1H3,(H,16,19). The summed E-state index contributed by atoms with van der Waals surface area (Å²) in [6.45, 7) is -0.851. The minimum atomic E-state index is -4.76. The van der Waals surface area contributed by atoms with Crippen LogP contribution in [0.3, 0.4) is 0 Å². The van der Waals surface area contributed by atoms with Gasteiger partial charge in [-0.2, -0.15) is 13.2 Å². The van der Waals surface area contributed by atoms with Gasteiger partial charge in [0, 0.05) is 17.8 Å². The molecule has 0 heterocycles. The summed E-state index contributed by atoms with van der Waals surface area (Å²) in [6, 6.07) is 5.40. The zero-order chi connectivity index (χ0) is 14.6. The molecule has 1 atom stereocenters. The summed E-state index contributed by atoms with van der Waals surface area (Å²) in [5.74, 6) is 0. The minimum Gasteiger partial charge on any atom is -0.382 e. The third-order valence-electron chi connectivity index (χ3n) is 2.25. The second-order valence-electron chi connectivity index (χ2n) is 3.88. The Morgan fingerprint density at radius 3 is 2.68 bits per heavy atom. The van der Waals surface area contributed by atoms with Crippen molar-refractivity contribution in [1.29, 1.82) is 0 Å². The molecule has 0 aliphatic heterocycles. The Kier molecular flexibility index (Phi) is 5.02. The number of anilines is 1. The fourth-order valence-corrected chi connectivity index (χ4v) is 1.42. The predicted molar refractivity (Wildman–Crippen MR) is 65.2 cm³/mol. The molecule has 2 amide bonds. The summed E-state index contributed by atoms with van der Waals surface area (Å²) in [5.41, 5.74) is 0.353. The molecule has 1 unspecified atom stereocenters. The van der Waals surface area contributed by atoms with Crippen molar-refractivity contribution < 1.29 is 23.1 Å². The Labute approximate surface area is 112 Å². The van der Waals surface area contributed by atoms with Crippen LogP contribution in [0, 0.1) is 0 Å². The van der Waals surface area contributed by atoms with Gasteiger partial charge in [0.15, 0.2) is 6.10 Å². The van der Waals surface area contributed by atoms with Gasteiger partial charge in [-0.25, -0.2) is 4.79 Å². The number of halogens is 4. The molecule has 2 N–H and O–H groups in total. The molecule has 19 heavy (non-hydrogen) atoms. The van der Waals surface area contributed by atoms with Crippen molar-refractivity contribution in [3.63, 3.8) is 0 Å². The van der Waals surface area contributed by atoms with E-state index in [1.165, 1.54) is 12.1 Å². The van der Waals surface area contributed by atoms with Gasteiger partial charge in [0.25, 0.3) is 0 Å². The first-order valence-electron chi connectivity index (χ1n) is 5.22. The number of urea groups is 1. The number of carbonyl (C=O) groups excluding carboxylic acids is 1. The summed E-state index contributed by atoms with van der Waals surface area (Å²) in [5, 5.41) is 11.6. The first-order valence-corrected chi connectivity index (χ1v) is 5.60. The third kappa shape index (κ3) is 4.96. The molecule has 8 heteroatoms. The molecule has 1 aromatic carbocycles. The smallest absolute Gasteiger partial charge is 0.382 e. The molecule has 4 nitrogen and oxygen atoms in total. The number of alkyl halides is 3. The van der Waals surface area contributed by atoms with Crippen molar-refractivity contribution in [1.82, 2.24) is 4.90 Å². The Balaban J connectivity index is 2.58. The average Bonchev–Trinajstić information content (AvgIpc) is 2.27. The summed E-state index contributed by atoms with van der Waals surface area (Å²) < 4.78 is 36.4. The zero-order valence-electron chi connectivity index (χ0n) is 9.91. The number of hydrogen-bond donors (Lipinski definition) is 2. The molecule has 0 spiro atoms. The highest BCUT2D eigenvalue weighted by molar-refractivity contribution is 6.30. The monoisotopic (exact) mass is 296 g/mol. The van der Waals surface area contributed by atoms with E-state index >= 15 is 0 Å². The molecule has 0 fully saturated rings. The fraction of sp³-hybridized carbons (Fsp3) is 0.364. The zero-order valence-corrected chi connectivity index (χ0v) is 10.7. The molecular weight excluding hydrogens is 285 g/mol. The van der Waals surface area contributed by atoms with Gasteiger partial charge in [-0.1, -0.05) is 17.7 Å². The van der Waals surface area contributed by atoms with Gasteiger partial charge in [0.2, 0.25) is 0 Å². The second kappa shape index (κ2) is 6.12. The lowest BCUT2D eigenvalue weighted by Crippen LogP contribution is -2.43. The van der Waals surface area contributed by atoms with Crippen molar-refractivity contribution in [2.24, 2.45) is 0 Å². The van der Waals surface area contributed by atoms with Crippen LogP contribution in [0.25, 0.3) is 0 Å². The number of likely N-dealkylation sites (N-methyl/N-ethyl adjacent to an activating group) is 1. The third-order valence-corrected chi connectivity index (χ3v) is 2.48. The largest absolute Gasteiger partial charge is 0.416 e. The lowest BCUT2D eigenvalue weighted by atomic mass is 10.3. The molecule has 1 aromatic rings. The van der Waals surface area contributed by atoms with Crippen LogP contribution < -0.4 is 5.32 Å². The SMILES string of the molecule is CN(CC(O)C(F)(F)F)C(=O)Nc1cccc(Cl)c1. The Morgan fingerprint density at radius 1 is 1.53 bits per heavy atom. The molecule has 0 saturated carbocycles. The van der Waals surface area contributed by atoms with Gasteiger partial charge < -0.3 is 15.3 Å². The van der Waals surface area contributed by atoms with Crippen molar-refractivity contribution in [2.45, 2.75) is 12.3 Å². The van der Waals surface area contributed by atoms with Crippen molar-refractivity contribution in [3.8, 4) is 0 Å². The number of aliphatic hydroxyl groups excluding tert-OH is 1. The first-order chi connectivity index (χ1) is 8.70. The number of aliphatic hydroxyl groups is 1. The van der Waals surface area contributed by atoms with Crippen molar-refractivity contribution >= 4 is 23.3 Å². The van der Waals surface area contributed by atoms with E-state index in [-0.39, 0.29) is 0 Å². The molecular formula is C11H12ClF3N2O2. The molecule has 0 saturated heterocycles. The summed E-state index contributed by atoms with van der Waals surface area (Å²) in [7, 11) is 1.15. The van der Waals surface area contributed by atoms with Gasteiger partial charge in [-0.15, -0.1) is 0 Å². The topological polar surface area (TPSA) is 52.6 Å². The highest BCUT2D eigenvalue weighted by Gasteiger charge is 2.39. The van der Waals surface area contributed by atoms with Crippen LogP contribution in [-0.2, 0) is 0 Å². The summed E-state index contributed by atoms with van der Waals surface area (Å²) in [6.07, 6.45) is -7.34. The van der Waals surface area contributed by atoms with Gasteiger partial charge >= 0.3 is 12.2 Å². The van der Waals surface area contributed by atoms with Gasteiger partial charge in [-0.3, -0.25) is 0 Å². The highest BCUT2D eigenvalue weighted by atomic mass is 35.5. The number of hydrogen-bond acceptors (Lipinski definition) is 2. The van der Waals surface area contributed by atoms with Crippen LogP contribution in [0.15, 0.2) is 24.3 Å². The number of amides is 2. The number of nitrogens with one attached hydrogen (secondary N) is 1. The maximum Gasteiger partial charge on any atom is 0.416 e. The van der Waals surface area contributed by atoms with Gasteiger partial charge in [0.1, 0.15) is 0 Å². The van der Waals surface area contributed by atoms with Crippen LogP contribution >= 0.6 is 11.6 Å². The summed E-state index contributed by atoms with van der Waals surface area (Å²) >= 11 is 5.70. The number of benzene rings is 1. The fourth-order valence-electron chi connectivity index (χ4n) is 1.23. The number of rotatable bonds is 3. The highest BCUT2D eigenvalue weighted by Crippen LogP contribution is 2.21. The Morgan fingerprint density at radius 2 is 2.16 bits per heavy atom. The first kappa shape index (κ1) is 15.6. The quantitative estimate of drug-likeness (QED) is 0.901. The molecule has 0 bridgehead atoms. The van der Waals surface area contributed by atoms with Crippen LogP contribution in [0.2, 0.25) is 5.02 Å². The van der Waals surface area contributed by atoms with Crippen LogP contribution in [0.1, 0.15) is 0 Å². The van der Waals surface area contributed by atoms with E-state index in [1.54, 1.807) is 12.1 Å². The van der Waals surface area contributed by atoms with E-state index < -0.39 is 24.9 Å². The van der Waals surface area contributed by atoms with E-state index in [0.29, 0.717) is 10.7 Å². The lowest BCUT2D eigenvalue weighted by Gasteiger charge is -2.22. The second-order valence-corrected chi connectivity index (χ2v) is 4.31. The van der Waals surface area contributed by atoms with E-state index in [1.807, 2.05) is 0 Å². The summed E-state index contributed by atoms with van der Waals surface area (Å²) in [4.78, 5) is 12.3. The van der Waals surface area contributed by atoms with E-state index in [9.17, 15) is 18.0 Å². The van der Waals surface area contributed by atoms with Gasteiger partial charge in [0.05, 0.1) is 6.54 Å². The van der Waals surface area contributed by atoms with Crippen LogP contribution in [0.5, 0.6) is 0 Å². The molecule has 0 radical (unpaired) electrons. The molecule has 0 aromatic heterocycles. The van der Waals surface area contributed by atoms with Gasteiger partial charge in [-0.05, 0) is 18.2 Å². The predicted octanol–water partition coefficient (Wildman–Crippen LogP) is 2.73. The van der Waals surface area contributed by atoms with Crippen molar-refractivity contribution in [3.05, 3.63) is 29.3 Å². The van der Waals surface area contributed by atoms with E-state index in [4.69, 9.17) is 16.7 Å². The number of nitrogens with zero attached hydrogens (tertiary/aromatic N) is 1. The van der Waals surface area contributed by atoms with Crippen LogP contribution in [-0.4, -0.2) is 41.9 Å². The normalized spacial score (nSPS) is 12.9. The molecule has 1 rings (SSSR count). The number of carbonyl (C=O) groups is 1. The maximum absolute atomic E-state index is 12.1. The molecule has 106 valence electrons. The molecule has 0 aliphatic carbocycles. The average molecular weight is 297 g/mol. The lowest BCUT2D eigenvalue weighted by molar-refractivity contribution is -0.205.